The lowest BCUT2D eigenvalue weighted by Crippen LogP contribution is -2.33. The van der Waals surface area contributed by atoms with E-state index in [1.807, 2.05) is 0 Å². The monoisotopic (exact) mass is 469 g/mol. The Morgan fingerprint density at radius 2 is 1.82 bits per heavy atom. The van der Waals surface area contributed by atoms with Crippen LogP contribution >= 0.6 is 0 Å². The first-order valence-electron chi connectivity index (χ1n) is 10.8. The van der Waals surface area contributed by atoms with Gasteiger partial charge in [-0.3, -0.25) is 28.8 Å². The van der Waals surface area contributed by atoms with Crippen LogP contribution in [0, 0.1) is 11.8 Å². The number of carbonyl (C=O) groups excluding carboxylic acids is 2. The molecule has 1 fully saturated rings. The van der Waals surface area contributed by atoms with E-state index in [9.17, 15) is 29.4 Å². The third kappa shape index (κ3) is 4.71. The van der Waals surface area contributed by atoms with Crippen LogP contribution in [0.3, 0.4) is 0 Å². The highest BCUT2D eigenvalue weighted by molar-refractivity contribution is 6.20. The van der Waals surface area contributed by atoms with Crippen molar-refractivity contribution in [2.45, 2.75) is 44.1 Å². The summed E-state index contributed by atoms with van der Waals surface area (Å²) in [5.41, 5.74) is -0.646. The van der Waals surface area contributed by atoms with Crippen LogP contribution in [0.1, 0.15) is 58.2 Å². The molecule has 1 aromatic carbocycles. The van der Waals surface area contributed by atoms with Gasteiger partial charge in [-0.15, -0.1) is 5.06 Å². The van der Waals surface area contributed by atoms with E-state index in [4.69, 9.17) is 9.57 Å². The molecule has 1 saturated heterocycles. The summed E-state index contributed by atoms with van der Waals surface area (Å²) in [6.07, 6.45) is 0.337. The first-order chi connectivity index (χ1) is 16.4. The molecule has 0 saturated carbocycles. The SMILES string of the molecule is O=C1c2ccccc2C(=O)N1OCCCCC#Cc1cn([C@H]2C[C@H](O)[C@@H](CO)O2)c(=O)[nH]c1=O. The predicted octanol–water partition coefficient (Wildman–Crippen LogP) is -0.0731. The highest BCUT2D eigenvalue weighted by Gasteiger charge is 2.36. The summed E-state index contributed by atoms with van der Waals surface area (Å²) in [5, 5.41) is 19.8. The van der Waals surface area contributed by atoms with Crippen LogP contribution in [-0.4, -0.2) is 62.1 Å². The number of ether oxygens (including phenoxy) is 1. The quantitative estimate of drug-likeness (QED) is 0.290. The lowest BCUT2D eigenvalue weighted by molar-refractivity contribution is -0.0921. The minimum Gasteiger partial charge on any atom is -0.394 e. The maximum Gasteiger partial charge on any atom is 0.330 e. The smallest absolute Gasteiger partial charge is 0.330 e. The molecule has 3 heterocycles. The number of nitrogens with zero attached hydrogens (tertiary/aromatic N) is 2. The van der Waals surface area contributed by atoms with Gasteiger partial charge in [-0.25, -0.2) is 4.79 Å². The number of benzene rings is 1. The zero-order valence-corrected chi connectivity index (χ0v) is 18.1. The minimum absolute atomic E-state index is 0.0624. The number of unbranched alkanes of at least 4 members (excludes halogenated alkanes) is 2. The fraction of sp³-hybridized carbons (Fsp3) is 0.391. The van der Waals surface area contributed by atoms with Gasteiger partial charge in [0.05, 0.1) is 30.4 Å². The van der Waals surface area contributed by atoms with Crippen molar-refractivity contribution >= 4 is 11.8 Å². The van der Waals surface area contributed by atoms with E-state index in [1.165, 1.54) is 6.20 Å². The van der Waals surface area contributed by atoms with Gasteiger partial charge in [0.1, 0.15) is 17.9 Å². The molecule has 0 unspecified atom stereocenters. The van der Waals surface area contributed by atoms with Gasteiger partial charge in [-0.05, 0) is 25.0 Å². The zero-order chi connectivity index (χ0) is 24.2. The maximum atomic E-state index is 12.2. The summed E-state index contributed by atoms with van der Waals surface area (Å²) in [6, 6.07) is 6.51. The van der Waals surface area contributed by atoms with Gasteiger partial charge < -0.3 is 14.9 Å². The zero-order valence-electron chi connectivity index (χ0n) is 18.1. The number of aliphatic hydroxyl groups is 2. The Hall–Kier alpha value is -3.56. The van der Waals surface area contributed by atoms with Crippen LogP contribution in [0.25, 0.3) is 0 Å². The summed E-state index contributed by atoms with van der Waals surface area (Å²) in [4.78, 5) is 56.2. The number of fused-ring (bicyclic) bond motifs is 1. The lowest BCUT2D eigenvalue weighted by Gasteiger charge is -2.14. The van der Waals surface area contributed by atoms with Crippen molar-refractivity contribution in [1.82, 2.24) is 14.6 Å². The molecule has 2 amide bonds. The fourth-order valence-electron chi connectivity index (χ4n) is 3.75. The molecule has 11 nitrogen and oxygen atoms in total. The molecule has 2 aromatic rings. The van der Waals surface area contributed by atoms with E-state index in [-0.39, 0.29) is 25.2 Å². The number of nitrogens with one attached hydrogen (secondary N) is 1. The third-order valence-corrected chi connectivity index (χ3v) is 5.56. The fourth-order valence-corrected chi connectivity index (χ4v) is 3.75. The number of H-pyrrole nitrogens is 1. The first kappa shape index (κ1) is 23.6. The van der Waals surface area contributed by atoms with Gasteiger partial charge in [-0.2, -0.15) is 0 Å². The number of amides is 2. The van der Waals surface area contributed by atoms with Crippen molar-refractivity contribution in [2.24, 2.45) is 0 Å². The molecule has 3 atom stereocenters. The largest absolute Gasteiger partial charge is 0.394 e. The number of hydroxylamine groups is 2. The number of rotatable bonds is 7. The van der Waals surface area contributed by atoms with E-state index in [0.29, 0.717) is 30.4 Å². The number of carbonyl (C=O) groups is 2. The molecule has 2 aliphatic heterocycles. The molecule has 3 N–H and O–H groups in total. The van der Waals surface area contributed by atoms with Gasteiger partial charge in [0.15, 0.2) is 0 Å². The summed E-state index contributed by atoms with van der Waals surface area (Å²) in [7, 11) is 0. The Labute approximate surface area is 193 Å². The van der Waals surface area contributed by atoms with Crippen LogP contribution in [0.15, 0.2) is 40.1 Å². The molecule has 34 heavy (non-hydrogen) atoms. The molecular weight excluding hydrogens is 446 g/mol. The lowest BCUT2D eigenvalue weighted by atomic mass is 10.1. The third-order valence-electron chi connectivity index (χ3n) is 5.56. The molecular formula is C23H23N3O8. The maximum absolute atomic E-state index is 12.2. The van der Waals surface area contributed by atoms with E-state index < -0.39 is 41.5 Å². The number of aromatic amines is 1. The van der Waals surface area contributed by atoms with Gasteiger partial charge in [-0.1, -0.05) is 24.0 Å². The van der Waals surface area contributed by atoms with Crippen molar-refractivity contribution in [2.75, 3.05) is 13.2 Å². The van der Waals surface area contributed by atoms with Crippen LogP contribution in [-0.2, 0) is 9.57 Å². The van der Waals surface area contributed by atoms with Crippen molar-refractivity contribution in [3.05, 3.63) is 68.0 Å². The average Bonchev–Trinajstić information content (AvgIpc) is 3.31. The number of hydrogen-bond donors (Lipinski definition) is 3. The van der Waals surface area contributed by atoms with Crippen molar-refractivity contribution in [3.8, 4) is 11.8 Å². The Morgan fingerprint density at radius 3 is 2.47 bits per heavy atom. The number of imide groups is 1. The van der Waals surface area contributed by atoms with Gasteiger partial charge >= 0.3 is 5.69 Å². The second-order valence-corrected chi connectivity index (χ2v) is 7.87. The average molecular weight is 469 g/mol. The van der Waals surface area contributed by atoms with E-state index in [1.54, 1.807) is 24.3 Å². The van der Waals surface area contributed by atoms with Crippen LogP contribution < -0.4 is 11.2 Å². The Morgan fingerprint density at radius 1 is 1.12 bits per heavy atom. The van der Waals surface area contributed by atoms with Crippen molar-refractivity contribution in [1.29, 1.82) is 0 Å². The second kappa shape index (κ2) is 10.1. The van der Waals surface area contributed by atoms with E-state index in [0.717, 1.165) is 9.63 Å². The molecule has 11 heteroatoms. The molecule has 0 bridgehead atoms. The molecule has 4 rings (SSSR count). The highest BCUT2D eigenvalue weighted by Crippen LogP contribution is 2.27. The van der Waals surface area contributed by atoms with Crippen LogP contribution in [0.5, 0.6) is 0 Å². The predicted molar refractivity (Wildman–Crippen MR) is 117 cm³/mol. The summed E-state index contributed by atoms with van der Waals surface area (Å²) < 4.78 is 6.60. The van der Waals surface area contributed by atoms with E-state index >= 15 is 0 Å². The summed E-state index contributed by atoms with van der Waals surface area (Å²) in [6.45, 7) is -0.245. The van der Waals surface area contributed by atoms with Gasteiger partial charge in [0.25, 0.3) is 17.4 Å². The van der Waals surface area contributed by atoms with Gasteiger partial charge in [0.2, 0.25) is 0 Å². The highest BCUT2D eigenvalue weighted by atomic mass is 16.7. The van der Waals surface area contributed by atoms with Gasteiger partial charge in [0, 0.05) is 19.0 Å². The molecule has 0 radical (unpaired) electrons. The number of aliphatic hydroxyl groups excluding tert-OH is 2. The second-order valence-electron chi connectivity index (χ2n) is 7.87. The summed E-state index contributed by atoms with van der Waals surface area (Å²) in [5.74, 6) is 4.59. The van der Waals surface area contributed by atoms with Crippen molar-refractivity contribution < 1.29 is 29.4 Å². The molecule has 1 aromatic heterocycles. The minimum atomic E-state index is -0.925. The van der Waals surface area contributed by atoms with E-state index in [2.05, 4.69) is 16.8 Å². The normalized spacial score (nSPS) is 21.5. The molecule has 178 valence electrons. The molecule has 2 aliphatic rings. The standard InChI is InChI=1S/C23H23N3O8/c27-13-18-17(28)11-19(34-18)25-12-14(20(29)24-23(25)32)7-3-1-2-6-10-33-26-21(30)15-8-4-5-9-16(15)22(26)31/h4-5,8-9,12,17-19,27-28H,1-2,6,10-11,13H2,(H,24,29,32)/t17-,18+,19+/m0/s1. The number of hydrogen-bond acceptors (Lipinski definition) is 8. The number of aromatic nitrogens is 2. The molecule has 0 spiro atoms. The summed E-state index contributed by atoms with van der Waals surface area (Å²) >= 11 is 0. The van der Waals surface area contributed by atoms with Crippen LogP contribution in [0.2, 0.25) is 0 Å². The van der Waals surface area contributed by atoms with Crippen LogP contribution in [0.4, 0.5) is 0 Å². The topological polar surface area (TPSA) is 151 Å². The first-order valence-corrected chi connectivity index (χ1v) is 10.8. The molecule has 0 aliphatic carbocycles. The van der Waals surface area contributed by atoms with Crippen molar-refractivity contribution in [3.63, 3.8) is 0 Å². The Bertz CT molecular complexity index is 1240. The Kier molecular flexibility index (Phi) is 7.04. The Balaban J connectivity index is 1.29.